The molecule has 2 heterocycles. The second kappa shape index (κ2) is 4.96. The maximum atomic E-state index is 10.8. The summed E-state index contributed by atoms with van der Waals surface area (Å²) < 4.78 is 10.4. The van der Waals surface area contributed by atoms with Gasteiger partial charge in [0, 0.05) is 12.5 Å². The second-order valence-electron chi connectivity index (χ2n) is 3.69. The molecule has 1 aliphatic rings. The minimum Gasteiger partial charge on any atom is -0.477 e. The Morgan fingerprint density at radius 3 is 2.94 bits per heavy atom. The number of pyridine rings is 1. The van der Waals surface area contributed by atoms with Crippen LogP contribution in [0.5, 0.6) is 5.88 Å². The number of carbonyl (C=O) groups is 1. The first-order valence-corrected chi connectivity index (χ1v) is 5.21. The van der Waals surface area contributed by atoms with Gasteiger partial charge in [-0.3, -0.25) is 10.1 Å². The van der Waals surface area contributed by atoms with Gasteiger partial charge in [-0.1, -0.05) is 0 Å². The molecular weight excluding hydrogens is 244 g/mol. The SMILES string of the molecule is O=C(O)c1ccc([N+](=O)[O-])c(OC2CCOC2)n1. The van der Waals surface area contributed by atoms with Crippen LogP contribution in [0.2, 0.25) is 0 Å². The number of nitro groups is 1. The molecule has 1 fully saturated rings. The molecule has 1 aromatic heterocycles. The number of aromatic nitrogens is 1. The average Bonchev–Trinajstić information content (AvgIpc) is 2.81. The molecule has 0 saturated carbocycles. The molecule has 0 spiro atoms. The fourth-order valence-corrected chi connectivity index (χ4v) is 1.54. The third-order valence-corrected chi connectivity index (χ3v) is 2.42. The smallest absolute Gasteiger partial charge is 0.354 e. The summed E-state index contributed by atoms with van der Waals surface area (Å²) in [7, 11) is 0. The molecule has 0 bridgehead atoms. The van der Waals surface area contributed by atoms with Crippen LogP contribution >= 0.6 is 0 Å². The van der Waals surface area contributed by atoms with Gasteiger partial charge < -0.3 is 14.6 Å². The molecule has 8 nitrogen and oxygen atoms in total. The summed E-state index contributed by atoms with van der Waals surface area (Å²) in [6.07, 6.45) is 0.260. The molecule has 1 atom stereocenters. The zero-order chi connectivity index (χ0) is 13.1. The number of nitrogens with zero attached hydrogens (tertiary/aromatic N) is 2. The van der Waals surface area contributed by atoms with Crippen LogP contribution in [0.3, 0.4) is 0 Å². The van der Waals surface area contributed by atoms with Gasteiger partial charge in [0.25, 0.3) is 5.88 Å². The number of carboxylic acid groups (broad SMARTS) is 1. The highest BCUT2D eigenvalue weighted by Crippen LogP contribution is 2.27. The maximum absolute atomic E-state index is 10.8. The van der Waals surface area contributed by atoms with Gasteiger partial charge in [-0.25, -0.2) is 9.78 Å². The Morgan fingerprint density at radius 1 is 1.61 bits per heavy atom. The van der Waals surface area contributed by atoms with Crippen molar-refractivity contribution in [1.29, 1.82) is 0 Å². The summed E-state index contributed by atoms with van der Waals surface area (Å²) in [5.74, 6) is -1.55. The molecule has 96 valence electrons. The Morgan fingerprint density at radius 2 is 2.39 bits per heavy atom. The summed E-state index contributed by atoms with van der Waals surface area (Å²) in [5, 5.41) is 19.6. The van der Waals surface area contributed by atoms with E-state index in [-0.39, 0.29) is 23.4 Å². The normalized spacial score (nSPS) is 18.6. The third-order valence-electron chi connectivity index (χ3n) is 2.42. The van der Waals surface area contributed by atoms with E-state index in [1.807, 2.05) is 0 Å². The number of hydrogen-bond acceptors (Lipinski definition) is 6. The van der Waals surface area contributed by atoms with E-state index in [2.05, 4.69) is 4.98 Å². The summed E-state index contributed by atoms with van der Waals surface area (Å²) in [6, 6.07) is 2.14. The highest BCUT2D eigenvalue weighted by atomic mass is 16.6. The van der Waals surface area contributed by atoms with E-state index in [1.165, 1.54) is 0 Å². The van der Waals surface area contributed by atoms with Crippen LogP contribution in [-0.4, -0.2) is 40.3 Å². The van der Waals surface area contributed by atoms with Gasteiger partial charge >= 0.3 is 11.7 Å². The molecule has 0 amide bonds. The van der Waals surface area contributed by atoms with Crippen LogP contribution in [0.25, 0.3) is 0 Å². The van der Waals surface area contributed by atoms with Crippen LogP contribution < -0.4 is 4.74 Å². The van der Waals surface area contributed by atoms with E-state index >= 15 is 0 Å². The molecule has 1 unspecified atom stereocenters. The fraction of sp³-hybridized carbons (Fsp3) is 0.400. The Bertz CT molecular complexity index is 483. The van der Waals surface area contributed by atoms with Crippen LogP contribution in [-0.2, 0) is 4.74 Å². The first-order chi connectivity index (χ1) is 8.58. The summed E-state index contributed by atoms with van der Waals surface area (Å²) in [5.41, 5.74) is -0.651. The summed E-state index contributed by atoms with van der Waals surface area (Å²) in [6.45, 7) is 0.827. The summed E-state index contributed by atoms with van der Waals surface area (Å²) >= 11 is 0. The van der Waals surface area contributed by atoms with Gasteiger partial charge in [0.05, 0.1) is 18.1 Å². The molecule has 1 aromatic rings. The highest BCUT2D eigenvalue weighted by molar-refractivity contribution is 5.85. The molecule has 18 heavy (non-hydrogen) atoms. The molecule has 1 saturated heterocycles. The molecule has 1 aliphatic heterocycles. The van der Waals surface area contributed by atoms with Crippen molar-refractivity contribution >= 4 is 11.7 Å². The number of aromatic carboxylic acids is 1. The topological polar surface area (TPSA) is 112 Å². The Kier molecular flexibility index (Phi) is 3.38. The molecular formula is C10H10N2O6. The molecule has 1 N–H and O–H groups in total. The zero-order valence-electron chi connectivity index (χ0n) is 9.24. The lowest BCUT2D eigenvalue weighted by atomic mass is 10.3. The van der Waals surface area contributed by atoms with Crippen molar-refractivity contribution in [2.75, 3.05) is 13.2 Å². The Balaban J connectivity index is 2.30. The van der Waals surface area contributed by atoms with Crippen molar-refractivity contribution in [2.45, 2.75) is 12.5 Å². The first-order valence-electron chi connectivity index (χ1n) is 5.21. The van der Waals surface area contributed by atoms with Crippen molar-refractivity contribution < 1.29 is 24.3 Å². The maximum Gasteiger partial charge on any atom is 0.354 e. The van der Waals surface area contributed by atoms with Crippen LogP contribution in [0.1, 0.15) is 16.9 Å². The first kappa shape index (κ1) is 12.2. The van der Waals surface area contributed by atoms with E-state index in [0.717, 1.165) is 12.1 Å². The molecule has 0 aromatic carbocycles. The number of carboxylic acids is 1. The lowest BCUT2D eigenvalue weighted by Crippen LogP contribution is -2.18. The second-order valence-corrected chi connectivity index (χ2v) is 3.69. The molecule has 0 aliphatic carbocycles. The molecule has 2 rings (SSSR count). The third kappa shape index (κ3) is 2.54. The van der Waals surface area contributed by atoms with E-state index in [0.29, 0.717) is 19.6 Å². The van der Waals surface area contributed by atoms with Gasteiger partial charge in [-0.05, 0) is 6.07 Å². The largest absolute Gasteiger partial charge is 0.477 e. The van der Waals surface area contributed by atoms with Gasteiger partial charge in [-0.2, -0.15) is 0 Å². The van der Waals surface area contributed by atoms with Gasteiger partial charge in [0.2, 0.25) is 0 Å². The minimum absolute atomic E-state index is 0.282. The predicted molar refractivity (Wildman–Crippen MR) is 57.7 cm³/mol. The Labute approximate surface area is 101 Å². The quantitative estimate of drug-likeness (QED) is 0.626. The highest BCUT2D eigenvalue weighted by Gasteiger charge is 2.25. The fourth-order valence-electron chi connectivity index (χ4n) is 1.54. The average molecular weight is 254 g/mol. The number of rotatable bonds is 4. The van der Waals surface area contributed by atoms with Crippen molar-refractivity contribution in [1.82, 2.24) is 4.98 Å². The lowest BCUT2D eigenvalue weighted by molar-refractivity contribution is -0.386. The monoisotopic (exact) mass is 254 g/mol. The van der Waals surface area contributed by atoms with Gasteiger partial charge in [-0.15, -0.1) is 0 Å². The zero-order valence-corrected chi connectivity index (χ0v) is 9.24. The lowest BCUT2D eigenvalue weighted by Gasteiger charge is -2.10. The van der Waals surface area contributed by atoms with Gasteiger partial charge in [0.1, 0.15) is 6.10 Å². The Hall–Kier alpha value is -2.22. The van der Waals surface area contributed by atoms with Crippen molar-refractivity contribution in [3.63, 3.8) is 0 Å². The van der Waals surface area contributed by atoms with Crippen LogP contribution in [0.15, 0.2) is 12.1 Å². The summed E-state index contributed by atoms with van der Waals surface area (Å²) in [4.78, 5) is 24.5. The minimum atomic E-state index is -1.27. The van der Waals surface area contributed by atoms with Crippen LogP contribution in [0, 0.1) is 10.1 Å². The van der Waals surface area contributed by atoms with E-state index in [1.54, 1.807) is 0 Å². The molecule has 8 heteroatoms. The van der Waals surface area contributed by atoms with E-state index < -0.39 is 10.9 Å². The number of ether oxygens (including phenoxy) is 2. The number of hydrogen-bond donors (Lipinski definition) is 1. The standard InChI is InChI=1S/C10H10N2O6/c13-10(14)7-1-2-8(12(15)16)9(11-7)18-6-3-4-17-5-6/h1-2,6H,3-5H2,(H,13,14). The van der Waals surface area contributed by atoms with Crippen LogP contribution in [0.4, 0.5) is 5.69 Å². The molecule has 0 radical (unpaired) electrons. The van der Waals surface area contributed by atoms with E-state index in [9.17, 15) is 14.9 Å². The van der Waals surface area contributed by atoms with Gasteiger partial charge in [0.15, 0.2) is 5.69 Å². The predicted octanol–water partition coefficient (Wildman–Crippen LogP) is 0.856. The van der Waals surface area contributed by atoms with Crippen molar-refractivity contribution in [3.05, 3.63) is 27.9 Å². The van der Waals surface area contributed by atoms with E-state index in [4.69, 9.17) is 14.6 Å². The van der Waals surface area contributed by atoms with Crippen molar-refractivity contribution in [2.24, 2.45) is 0 Å². The van der Waals surface area contributed by atoms with Crippen molar-refractivity contribution in [3.8, 4) is 5.88 Å².